The molecule has 0 saturated carbocycles. The van der Waals surface area contributed by atoms with Crippen LogP contribution in [0.25, 0.3) is 21.9 Å². The van der Waals surface area contributed by atoms with Gasteiger partial charge in [-0.3, -0.25) is 9.78 Å². The zero-order valence-electron chi connectivity index (χ0n) is 14.6. The third-order valence-corrected chi connectivity index (χ3v) is 5.22. The summed E-state index contributed by atoms with van der Waals surface area (Å²) < 4.78 is 37.0. The fourth-order valence-corrected chi connectivity index (χ4v) is 3.84. The van der Waals surface area contributed by atoms with Gasteiger partial charge < -0.3 is 9.88 Å². The lowest BCUT2D eigenvalue weighted by Crippen LogP contribution is -2.38. The predicted molar refractivity (Wildman–Crippen MR) is 95.2 cm³/mol. The van der Waals surface area contributed by atoms with E-state index in [9.17, 15) is 18.0 Å². The van der Waals surface area contributed by atoms with Gasteiger partial charge in [0.1, 0.15) is 5.65 Å². The molecule has 1 amide bonds. The number of aromatic amines is 1. The van der Waals surface area contributed by atoms with E-state index in [1.54, 1.807) is 17.3 Å². The number of rotatable bonds is 3. The van der Waals surface area contributed by atoms with Crippen molar-refractivity contribution < 1.29 is 18.0 Å². The SMILES string of the molecule is O=C(CCC(F)(F)F)N1CCC(c2c[nH]c3ncc4ncccc4c23)CC1. The number of carbonyl (C=O) groups excluding carboxylic acids is 1. The average Bonchev–Trinajstić information content (AvgIpc) is 3.10. The first kappa shape index (κ1) is 17.8. The lowest BCUT2D eigenvalue weighted by molar-refractivity contribution is -0.149. The van der Waals surface area contributed by atoms with Gasteiger partial charge in [0.15, 0.2) is 0 Å². The molecule has 0 unspecified atom stereocenters. The molecular formula is C19H19F3N4O. The molecule has 1 aliphatic heterocycles. The van der Waals surface area contributed by atoms with Crippen LogP contribution in [0.3, 0.4) is 0 Å². The Morgan fingerprint density at radius 2 is 2.04 bits per heavy atom. The molecule has 1 saturated heterocycles. The van der Waals surface area contributed by atoms with Gasteiger partial charge in [-0.2, -0.15) is 13.2 Å². The van der Waals surface area contributed by atoms with E-state index in [-0.39, 0.29) is 5.92 Å². The molecule has 0 aliphatic carbocycles. The molecule has 0 aromatic carbocycles. The first-order valence-electron chi connectivity index (χ1n) is 8.97. The third-order valence-electron chi connectivity index (χ3n) is 5.22. The van der Waals surface area contributed by atoms with Crippen molar-refractivity contribution >= 4 is 27.8 Å². The molecule has 5 nitrogen and oxygen atoms in total. The highest BCUT2D eigenvalue weighted by Crippen LogP contribution is 2.36. The molecule has 1 aliphatic rings. The smallest absolute Gasteiger partial charge is 0.346 e. The van der Waals surface area contributed by atoms with Crippen molar-refractivity contribution in [2.24, 2.45) is 0 Å². The number of nitrogens with zero attached hydrogens (tertiary/aromatic N) is 3. The number of amides is 1. The summed E-state index contributed by atoms with van der Waals surface area (Å²) in [5, 5.41) is 2.07. The Morgan fingerprint density at radius 1 is 1.26 bits per heavy atom. The molecule has 1 fully saturated rings. The van der Waals surface area contributed by atoms with Crippen molar-refractivity contribution in [3.05, 3.63) is 36.3 Å². The van der Waals surface area contributed by atoms with Crippen molar-refractivity contribution in [1.29, 1.82) is 0 Å². The van der Waals surface area contributed by atoms with Gasteiger partial charge in [-0.25, -0.2) is 4.98 Å². The first-order valence-corrected chi connectivity index (χ1v) is 8.97. The van der Waals surface area contributed by atoms with E-state index >= 15 is 0 Å². The van der Waals surface area contributed by atoms with Crippen LogP contribution < -0.4 is 0 Å². The molecule has 4 heterocycles. The maximum atomic E-state index is 12.3. The van der Waals surface area contributed by atoms with Crippen LogP contribution in [0, 0.1) is 0 Å². The van der Waals surface area contributed by atoms with Crippen LogP contribution in [0.1, 0.15) is 37.2 Å². The summed E-state index contributed by atoms with van der Waals surface area (Å²) in [6, 6.07) is 3.90. The number of fused-ring (bicyclic) bond motifs is 3. The molecule has 0 bridgehead atoms. The topological polar surface area (TPSA) is 61.9 Å². The fourth-order valence-electron chi connectivity index (χ4n) is 3.84. The lowest BCUT2D eigenvalue weighted by Gasteiger charge is -2.32. The summed E-state index contributed by atoms with van der Waals surface area (Å²) in [5.41, 5.74) is 2.76. The number of likely N-dealkylation sites (tertiary alicyclic amines) is 1. The molecule has 4 rings (SSSR count). The van der Waals surface area contributed by atoms with Crippen molar-refractivity contribution in [2.45, 2.75) is 37.8 Å². The monoisotopic (exact) mass is 376 g/mol. The number of hydrogen-bond donors (Lipinski definition) is 1. The lowest BCUT2D eigenvalue weighted by atomic mass is 9.88. The minimum absolute atomic E-state index is 0.234. The summed E-state index contributed by atoms with van der Waals surface area (Å²) >= 11 is 0. The second-order valence-corrected chi connectivity index (χ2v) is 6.93. The van der Waals surface area contributed by atoms with Crippen LogP contribution in [0.4, 0.5) is 13.2 Å². The zero-order valence-corrected chi connectivity index (χ0v) is 14.6. The molecule has 3 aromatic heterocycles. The molecule has 3 aromatic rings. The van der Waals surface area contributed by atoms with Gasteiger partial charge in [-0.1, -0.05) is 6.07 Å². The maximum Gasteiger partial charge on any atom is 0.389 e. The van der Waals surface area contributed by atoms with Gasteiger partial charge in [0.25, 0.3) is 0 Å². The summed E-state index contributed by atoms with van der Waals surface area (Å²) in [6.07, 6.45) is 1.05. The number of aromatic nitrogens is 3. The highest BCUT2D eigenvalue weighted by molar-refractivity contribution is 6.05. The minimum atomic E-state index is -4.29. The highest BCUT2D eigenvalue weighted by Gasteiger charge is 2.31. The number of alkyl halides is 3. The number of nitrogens with one attached hydrogen (secondary N) is 1. The van der Waals surface area contributed by atoms with E-state index < -0.39 is 24.9 Å². The van der Waals surface area contributed by atoms with E-state index in [1.807, 2.05) is 18.3 Å². The summed E-state index contributed by atoms with van der Waals surface area (Å²) in [7, 11) is 0. The van der Waals surface area contributed by atoms with Crippen molar-refractivity contribution in [2.75, 3.05) is 13.1 Å². The van der Waals surface area contributed by atoms with E-state index in [0.29, 0.717) is 13.1 Å². The summed E-state index contributed by atoms with van der Waals surface area (Å²) in [4.78, 5) is 25.6. The molecule has 1 N–H and O–H groups in total. The number of carbonyl (C=O) groups is 1. The quantitative estimate of drug-likeness (QED) is 0.747. The molecule has 27 heavy (non-hydrogen) atoms. The predicted octanol–water partition coefficient (Wildman–Crippen LogP) is 4.16. The van der Waals surface area contributed by atoms with E-state index in [1.165, 1.54) is 0 Å². The molecule has 8 heteroatoms. The Labute approximate surface area is 153 Å². The van der Waals surface area contributed by atoms with Gasteiger partial charge in [0, 0.05) is 42.7 Å². The Morgan fingerprint density at radius 3 is 2.78 bits per heavy atom. The minimum Gasteiger partial charge on any atom is -0.346 e. The summed E-state index contributed by atoms with van der Waals surface area (Å²) in [5.74, 6) is -0.181. The Balaban J connectivity index is 1.50. The van der Waals surface area contributed by atoms with Gasteiger partial charge in [-0.05, 0) is 30.4 Å². The Kier molecular flexibility index (Phi) is 4.49. The van der Waals surface area contributed by atoms with E-state index in [4.69, 9.17) is 0 Å². The van der Waals surface area contributed by atoms with Crippen LogP contribution in [-0.4, -0.2) is 45.0 Å². The van der Waals surface area contributed by atoms with Crippen LogP contribution in [0.5, 0.6) is 0 Å². The molecule has 142 valence electrons. The second kappa shape index (κ2) is 6.83. The number of pyridine rings is 2. The average molecular weight is 376 g/mol. The first-order chi connectivity index (χ1) is 12.9. The number of piperidine rings is 1. The standard InChI is InChI=1S/C19H19F3N4O/c20-19(21,22)6-3-16(27)26-8-4-12(5-9-26)14-10-24-18-17(14)13-2-1-7-23-15(13)11-25-18/h1-2,7,10-12H,3-6,8-9H2,(H,24,25). The number of hydrogen-bond acceptors (Lipinski definition) is 3. The van der Waals surface area contributed by atoms with Gasteiger partial charge in [0.2, 0.25) is 5.91 Å². The van der Waals surface area contributed by atoms with Gasteiger partial charge >= 0.3 is 6.18 Å². The van der Waals surface area contributed by atoms with Gasteiger partial charge in [-0.15, -0.1) is 0 Å². The number of halogens is 3. The maximum absolute atomic E-state index is 12.3. The summed E-state index contributed by atoms with van der Waals surface area (Å²) in [6.45, 7) is 0.953. The van der Waals surface area contributed by atoms with Crippen LogP contribution in [0.15, 0.2) is 30.7 Å². The van der Waals surface area contributed by atoms with Crippen molar-refractivity contribution in [3.8, 4) is 0 Å². The molecule has 0 atom stereocenters. The Hall–Kier alpha value is -2.64. The molecule has 0 radical (unpaired) electrons. The second-order valence-electron chi connectivity index (χ2n) is 6.93. The van der Waals surface area contributed by atoms with Crippen LogP contribution in [-0.2, 0) is 4.79 Å². The number of H-pyrrole nitrogens is 1. The zero-order chi connectivity index (χ0) is 19.0. The fraction of sp³-hybridized carbons (Fsp3) is 0.421. The van der Waals surface area contributed by atoms with Crippen LogP contribution >= 0.6 is 0 Å². The molecule has 0 spiro atoms. The van der Waals surface area contributed by atoms with Crippen molar-refractivity contribution in [1.82, 2.24) is 19.9 Å². The van der Waals surface area contributed by atoms with Crippen LogP contribution in [0.2, 0.25) is 0 Å². The van der Waals surface area contributed by atoms with E-state index in [0.717, 1.165) is 40.3 Å². The largest absolute Gasteiger partial charge is 0.389 e. The normalized spacial score (nSPS) is 16.3. The third kappa shape index (κ3) is 3.61. The van der Waals surface area contributed by atoms with Gasteiger partial charge in [0.05, 0.1) is 18.1 Å². The van der Waals surface area contributed by atoms with Crippen molar-refractivity contribution in [3.63, 3.8) is 0 Å². The Bertz CT molecular complexity index is 974. The highest BCUT2D eigenvalue weighted by atomic mass is 19.4. The van der Waals surface area contributed by atoms with E-state index in [2.05, 4.69) is 15.0 Å². The molecular weight excluding hydrogens is 357 g/mol.